The summed E-state index contributed by atoms with van der Waals surface area (Å²) in [6.07, 6.45) is 0. The number of carbonyl (C=O) groups excluding carboxylic acids is 2. The Kier molecular flexibility index (Phi) is 170. The van der Waals surface area contributed by atoms with E-state index in [1.54, 1.807) is 0 Å². The van der Waals surface area contributed by atoms with Crippen LogP contribution in [0.3, 0.4) is 0 Å². The molecule has 0 fully saturated rings. The summed E-state index contributed by atoms with van der Waals surface area (Å²) in [5.74, 6) is -2.17. The smallest absolute Gasteiger partial charge is 0.550 e. The van der Waals surface area contributed by atoms with Crippen LogP contribution in [-0.4, -0.2) is 61.1 Å². The third kappa shape index (κ3) is 12400. The minimum absolute atomic E-state index is 0. The topological polar surface area (TPSA) is 206 Å². The van der Waals surface area contributed by atoms with E-state index in [-0.39, 0.29) is 49.2 Å². The van der Waals surface area contributed by atoms with Gasteiger partial charge in [0, 0.05) is 11.9 Å². The normalized spacial score (nSPS) is 3.85. The largest absolute Gasteiger partial charge is 2.00 e. The fraction of sp³-hybridized carbons (Fsp3) is 0.500. The second-order valence-electron chi connectivity index (χ2n) is 0.983. The Bertz CT molecular complexity index is 74.1. The van der Waals surface area contributed by atoms with Crippen LogP contribution in [-0.2, 0) is 9.59 Å². The Balaban J connectivity index is -0.00000000800. The van der Waals surface area contributed by atoms with Crippen molar-refractivity contribution in [3.05, 3.63) is 0 Å². The van der Waals surface area contributed by atoms with Gasteiger partial charge in [0.15, 0.2) is 0 Å². The molecule has 0 bridgehead atoms. The maximum absolute atomic E-state index is 8.89. The van der Waals surface area contributed by atoms with E-state index in [2.05, 4.69) is 0 Å². The Morgan fingerprint density at radius 1 is 0.769 bits per heavy atom. The molecule has 0 saturated heterocycles. The van der Waals surface area contributed by atoms with Crippen LogP contribution in [0.4, 0.5) is 0 Å². The van der Waals surface area contributed by atoms with Gasteiger partial charge in [-0.15, -0.1) is 0 Å². The molecule has 0 spiro atoms. The second kappa shape index (κ2) is 41.2. The van der Waals surface area contributed by atoms with Crippen LogP contribution in [0.2, 0.25) is 0 Å². The van der Waals surface area contributed by atoms with Crippen LogP contribution < -0.4 is 10.2 Å². The monoisotopic (exact) mass is 398 g/mol. The minimum atomic E-state index is -1.08. The molecule has 8 nitrogen and oxygen atoms in total. The number of hydrogen-bond acceptors (Lipinski definition) is 4. The third-order valence-corrected chi connectivity index (χ3v) is 0. The Hall–Kier alpha value is -0.298. The zero-order chi connectivity index (χ0) is 7.15. The van der Waals surface area contributed by atoms with Crippen molar-refractivity contribution < 1.29 is 41.7 Å². The van der Waals surface area contributed by atoms with E-state index in [9.17, 15) is 0 Å². The predicted octanol–water partition coefficient (Wildman–Crippen LogP) is -6.17. The molecule has 0 aliphatic heterocycles. The molecule has 2 radical (unpaired) electrons. The van der Waals surface area contributed by atoms with Gasteiger partial charge in [0.1, 0.15) is 0 Å². The van der Waals surface area contributed by atoms with Gasteiger partial charge in [-0.3, -0.25) is 0 Å². The van der Waals surface area contributed by atoms with Crippen molar-refractivity contribution in [3.8, 4) is 0 Å². The van der Waals surface area contributed by atoms with Crippen molar-refractivity contribution in [2.24, 2.45) is 0 Å². The molecule has 13 heavy (non-hydrogen) atoms. The Labute approximate surface area is 95.0 Å². The number of hydrogen-bond donors (Lipinski definition) is 0. The first-order valence-electron chi connectivity index (χ1n) is 1.82. The average Bonchev–Trinajstić information content (AvgIpc) is 1.25. The van der Waals surface area contributed by atoms with Gasteiger partial charge in [-0.05, 0) is 13.8 Å². The number of rotatable bonds is 0. The molecule has 0 rings (SSSR count). The molecule has 0 heterocycles. The predicted molar refractivity (Wildman–Crippen MR) is 41.6 cm³/mol. The number of carbonyl (C=O) groups is 2. The molecule has 0 aromatic carbocycles. The SMILES string of the molecule is CC(=O)[O-].CC(=O)[O-].O.O.O.O.[Pb+2]. The van der Waals surface area contributed by atoms with Crippen molar-refractivity contribution in [1.29, 1.82) is 0 Å². The summed E-state index contributed by atoms with van der Waals surface area (Å²) in [6.45, 7) is 1.94. The van der Waals surface area contributed by atoms with Gasteiger partial charge in [0.2, 0.25) is 0 Å². The van der Waals surface area contributed by atoms with Crippen molar-refractivity contribution in [2.75, 3.05) is 0 Å². The summed E-state index contributed by atoms with van der Waals surface area (Å²) in [6, 6.07) is 0. The zero-order valence-corrected chi connectivity index (χ0v) is 11.0. The molecule has 0 aliphatic rings. The summed E-state index contributed by atoms with van der Waals surface area (Å²) in [5, 5.41) is 17.8. The van der Waals surface area contributed by atoms with Gasteiger partial charge in [-0.2, -0.15) is 0 Å². The first-order chi connectivity index (χ1) is 3.46. The van der Waals surface area contributed by atoms with Crippen LogP contribution >= 0.6 is 0 Å². The zero-order valence-electron chi connectivity index (χ0n) is 7.13. The van der Waals surface area contributed by atoms with E-state index < -0.39 is 11.9 Å². The van der Waals surface area contributed by atoms with Gasteiger partial charge >= 0.3 is 27.3 Å². The fourth-order valence-corrected chi connectivity index (χ4v) is 0. The van der Waals surface area contributed by atoms with Crippen LogP contribution in [0.25, 0.3) is 0 Å². The quantitative estimate of drug-likeness (QED) is 0.365. The molecule has 0 unspecified atom stereocenters. The third-order valence-electron chi connectivity index (χ3n) is 0. The van der Waals surface area contributed by atoms with Gasteiger partial charge in [0.25, 0.3) is 0 Å². The molecule has 8 N–H and O–H groups in total. The van der Waals surface area contributed by atoms with Crippen LogP contribution in [0.1, 0.15) is 13.8 Å². The Morgan fingerprint density at radius 2 is 0.769 bits per heavy atom. The molecule has 0 saturated carbocycles. The van der Waals surface area contributed by atoms with Crippen molar-refractivity contribution in [1.82, 2.24) is 0 Å². The van der Waals surface area contributed by atoms with Gasteiger partial charge < -0.3 is 41.7 Å². The molecule has 82 valence electrons. The Morgan fingerprint density at radius 3 is 0.769 bits per heavy atom. The van der Waals surface area contributed by atoms with E-state index in [4.69, 9.17) is 19.8 Å². The van der Waals surface area contributed by atoms with Crippen LogP contribution in [0.15, 0.2) is 0 Å². The summed E-state index contributed by atoms with van der Waals surface area (Å²) in [4.78, 5) is 17.8. The maximum Gasteiger partial charge on any atom is 2.00 e. The maximum atomic E-state index is 8.89. The minimum Gasteiger partial charge on any atom is -0.550 e. The first-order valence-corrected chi connectivity index (χ1v) is 1.82. The van der Waals surface area contributed by atoms with E-state index in [1.165, 1.54) is 0 Å². The number of carboxylic acids is 2. The molecule has 0 aromatic heterocycles. The molecule has 9 heteroatoms. The molecule has 0 atom stereocenters. The molecular weight excluding hydrogens is 383 g/mol. The van der Waals surface area contributed by atoms with Crippen molar-refractivity contribution >= 4 is 39.2 Å². The summed E-state index contributed by atoms with van der Waals surface area (Å²) < 4.78 is 0. The summed E-state index contributed by atoms with van der Waals surface area (Å²) >= 11 is 0. The number of aliphatic carboxylic acids is 2. The van der Waals surface area contributed by atoms with Gasteiger partial charge in [-0.1, -0.05) is 0 Å². The summed E-state index contributed by atoms with van der Waals surface area (Å²) in [7, 11) is 0. The molecule has 0 amide bonds. The molecular formula is C4H14O8Pb. The standard InChI is InChI=1S/2C2H4O2.4H2O.Pb/c2*1-2(3)4;;;;;/h2*1H3,(H,3,4);4*1H2;/q;;;;;;+2/p-2. The summed E-state index contributed by atoms with van der Waals surface area (Å²) in [5.41, 5.74) is 0. The van der Waals surface area contributed by atoms with E-state index >= 15 is 0 Å². The average molecular weight is 397 g/mol. The van der Waals surface area contributed by atoms with Crippen molar-refractivity contribution in [2.45, 2.75) is 13.8 Å². The fourth-order valence-electron chi connectivity index (χ4n) is 0. The van der Waals surface area contributed by atoms with Gasteiger partial charge in [0.05, 0.1) is 0 Å². The second-order valence-corrected chi connectivity index (χ2v) is 0.983. The van der Waals surface area contributed by atoms with Crippen LogP contribution in [0, 0.1) is 0 Å². The molecule has 0 aromatic rings. The van der Waals surface area contributed by atoms with E-state index in [0.29, 0.717) is 0 Å². The molecule has 0 aliphatic carbocycles. The first kappa shape index (κ1) is 53.5. The van der Waals surface area contributed by atoms with Gasteiger partial charge in [-0.25, -0.2) is 0 Å². The number of carboxylic acid groups (broad SMARTS) is 2. The van der Waals surface area contributed by atoms with E-state index in [0.717, 1.165) is 13.8 Å². The van der Waals surface area contributed by atoms with Crippen LogP contribution in [0.5, 0.6) is 0 Å². The van der Waals surface area contributed by atoms with Crippen molar-refractivity contribution in [3.63, 3.8) is 0 Å². The van der Waals surface area contributed by atoms with E-state index in [1.807, 2.05) is 0 Å².